The smallest absolute Gasteiger partial charge is 0.435 e. The Morgan fingerprint density at radius 1 is 1.18 bits per heavy atom. The number of methoxy groups -OCH3 is 1. The van der Waals surface area contributed by atoms with Crippen molar-refractivity contribution in [3.8, 4) is 5.75 Å². The minimum Gasteiger partial charge on any atom is -0.497 e. The van der Waals surface area contributed by atoms with Gasteiger partial charge in [0.25, 0.3) is 5.91 Å². The Hall–Kier alpha value is -3.36. The molecule has 0 bridgehead atoms. The van der Waals surface area contributed by atoms with Crippen molar-refractivity contribution in [2.45, 2.75) is 19.6 Å². The number of alkyl halides is 3. The second-order valence-corrected chi connectivity index (χ2v) is 6.06. The summed E-state index contributed by atoms with van der Waals surface area (Å²) in [4.78, 5) is 11.9. The summed E-state index contributed by atoms with van der Waals surface area (Å²) in [7, 11) is 1.60. The lowest BCUT2D eigenvalue weighted by Gasteiger charge is -2.06. The maximum atomic E-state index is 12.5. The van der Waals surface area contributed by atoms with Gasteiger partial charge >= 0.3 is 6.18 Å². The first kappa shape index (κ1) is 19.4. The standard InChI is InChI=1S/C19H17F3N4O2/c1-12(13-3-4-15-10-16(28-2)6-5-14(15)9-13)23-24-18(27)11-26-8-7-17(25-26)19(20,21)22/h3-10H,11H2,1-2H3,(H,24,27). The van der Waals surface area contributed by atoms with Gasteiger partial charge in [0.1, 0.15) is 12.3 Å². The molecule has 146 valence electrons. The molecule has 0 fully saturated rings. The number of fused-ring (bicyclic) bond motifs is 1. The minimum atomic E-state index is -4.55. The molecule has 1 heterocycles. The summed E-state index contributed by atoms with van der Waals surface area (Å²) in [6, 6.07) is 12.2. The largest absolute Gasteiger partial charge is 0.497 e. The topological polar surface area (TPSA) is 68.5 Å². The Kier molecular flexibility index (Phi) is 5.34. The van der Waals surface area contributed by atoms with Gasteiger partial charge in [-0.25, -0.2) is 5.43 Å². The number of rotatable bonds is 5. The van der Waals surface area contributed by atoms with Crippen LogP contribution in [0.2, 0.25) is 0 Å². The molecule has 0 atom stereocenters. The van der Waals surface area contributed by atoms with Crippen molar-refractivity contribution in [1.82, 2.24) is 15.2 Å². The number of nitrogens with zero attached hydrogens (tertiary/aromatic N) is 3. The van der Waals surface area contributed by atoms with Crippen LogP contribution in [0.15, 0.2) is 53.8 Å². The van der Waals surface area contributed by atoms with Crippen LogP contribution < -0.4 is 10.2 Å². The number of benzene rings is 2. The molecule has 0 saturated heterocycles. The van der Waals surface area contributed by atoms with Crippen LogP contribution in [0.1, 0.15) is 18.2 Å². The highest BCUT2D eigenvalue weighted by Gasteiger charge is 2.33. The molecule has 9 heteroatoms. The summed E-state index contributed by atoms with van der Waals surface area (Å²) in [5.74, 6) is 0.173. The fourth-order valence-electron chi connectivity index (χ4n) is 2.57. The number of carbonyl (C=O) groups is 1. The van der Waals surface area contributed by atoms with E-state index in [0.717, 1.165) is 39.0 Å². The first-order chi connectivity index (χ1) is 13.3. The Labute approximate surface area is 158 Å². The number of ether oxygens (including phenoxy) is 1. The van der Waals surface area contributed by atoms with Crippen molar-refractivity contribution in [2.75, 3.05) is 7.11 Å². The van der Waals surface area contributed by atoms with Crippen LogP contribution in [0.3, 0.4) is 0 Å². The van der Waals surface area contributed by atoms with Gasteiger partial charge in [-0.15, -0.1) is 0 Å². The predicted molar refractivity (Wildman–Crippen MR) is 98.1 cm³/mol. The van der Waals surface area contributed by atoms with Gasteiger partial charge in [-0.3, -0.25) is 9.48 Å². The van der Waals surface area contributed by atoms with Crippen LogP contribution in [0.25, 0.3) is 10.8 Å². The number of carbonyl (C=O) groups excluding carboxylic acids is 1. The van der Waals surface area contributed by atoms with Gasteiger partial charge in [0.05, 0.1) is 12.8 Å². The van der Waals surface area contributed by atoms with Crippen LogP contribution in [0.4, 0.5) is 13.2 Å². The SMILES string of the molecule is COc1ccc2cc(C(C)=NNC(=O)Cn3ccc(C(F)(F)F)n3)ccc2c1. The Morgan fingerprint density at radius 2 is 1.89 bits per heavy atom. The van der Waals surface area contributed by atoms with Gasteiger partial charge in [0.2, 0.25) is 0 Å². The van der Waals surface area contributed by atoms with E-state index >= 15 is 0 Å². The van der Waals surface area contributed by atoms with E-state index in [1.165, 1.54) is 0 Å². The molecule has 6 nitrogen and oxygen atoms in total. The fourth-order valence-corrected chi connectivity index (χ4v) is 2.57. The molecule has 1 N–H and O–H groups in total. The van der Waals surface area contributed by atoms with E-state index < -0.39 is 17.8 Å². The lowest BCUT2D eigenvalue weighted by molar-refractivity contribution is -0.141. The number of aromatic nitrogens is 2. The number of hydrogen-bond donors (Lipinski definition) is 1. The molecular weight excluding hydrogens is 373 g/mol. The molecule has 0 spiro atoms. The highest BCUT2D eigenvalue weighted by molar-refractivity contribution is 6.02. The molecule has 2 aromatic carbocycles. The summed E-state index contributed by atoms with van der Waals surface area (Å²) in [6.45, 7) is 1.35. The molecule has 0 saturated carbocycles. The second kappa shape index (κ2) is 7.71. The normalized spacial score (nSPS) is 12.2. The van der Waals surface area contributed by atoms with E-state index in [2.05, 4.69) is 15.6 Å². The van der Waals surface area contributed by atoms with E-state index in [1.54, 1.807) is 14.0 Å². The van der Waals surface area contributed by atoms with Crippen molar-refractivity contribution in [3.63, 3.8) is 0 Å². The lowest BCUT2D eigenvalue weighted by atomic mass is 10.0. The van der Waals surface area contributed by atoms with E-state index in [0.29, 0.717) is 5.71 Å². The van der Waals surface area contributed by atoms with Crippen molar-refractivity contribution >= 4 is 22.4 Å². The van der Waals surface area contributed by atoms with Crippen LogP contribution in [-0.2, 0) is 17.5 Å². The van der Waals surface area contributed by atoms with Crippen molar-refractivity contribution in [2.24, 2.45) is 5.10 Å². The minimum absolute atomic E-state index is 0.371. The molecule has 3 aromatic rings. The first-order valence-electron chi connectivity index (χ1n) is 8.28. The average Bonchev–Trinajstić information content (AvgIpc) is 3.14. The van der Waals surface area contributed by atoms with Crippen LogP contribution in [-0.4, -0.2) is 28.5 Å². The van der Waals surface area contributed by atoms with E-state index in [4.69, 9.17) is 4.74 Å². The molecule has 0 aliphatic carbocycles. The molecule has 0 aliphatic rings. The zero-order valence-electron chi connectivity index (χ0n) is 15.1. The summed E-state index contributed by atoms with van der Waals surface area (Å²) in [5, 5.41) is 9.32. The quantitative estimate of drug-likeness (QED) is 0.535. The molecule has 0 unspecified atom stereocenters. The highest BCUT2D eigenvalue weighted by atomic mass is 19.4. The number of amides is 1. The molecule has 1 amide bonds. The summed E-state index contributed by atoms with van der Waals surface area (Å²) in [6.07, 6.45) is -3.45. The molecular formula is C19H17F3N4O2. The monoisotopic (exact) mass is 390 g/mol. The zero-order chi connectivity index (χ0) is 20.3. The molecule has 0 aliphatic heterocycles. The Morgan fingerprint density at radius 3 is 2.57 bits per heavy atom. The van der Waals surface area contributed by atoms with Gasteiger partial charge in [0.15, 0.2) is 5.69 Å². The number of halogens is 3. The third-order valence-corrected chi connectivity index (χ3v) is 4.05. The Balaban J connectivity index is 1.67. The van der Waals surface area contributed by atoms with Gasteiger partial charge in [0, 0.05) is 6.20 Å². The summed E-state index contributed by atoms with van der Waals surface area (Å²) in [5.41, 5.74) is 2.64. The third kappa shape index (κ3) is 4.48. The lowest BCUT2D eigenvalue weighted by Crippen LogP contribution is -2.24. The van der Waals surface area contributed by atoms with E-state index in [9.17, 15) is 18.0 Å². The van der Waals surface area contributed by atoms with Crippen molar-refractivity contribution in [1.29, 1.82) is 0 Å². The third-order valence-electron chi connectivity index (χ3n) is 4.05. The maximum absolute atomic E-state index is 12.5. The van der Waals surface area contributed by atoms with Gasteiger partial charge < -0.3 is 4.74 Å². The number of hydrazone groups is 1. The van der Waals surface area contributed by atoms with E-state index in [-0.39, 0.29) is 6.54 Å². The predicted octanol–water partition coefficient (Wildman–Crippen LogP) is 3.60. The number of hydrogen-bond acceptors (Lipinski definition) is 4. The summed E-state index contributed by atoms with van der Waals surface area (Å²) < 4.78 is 43.7. The number of nitrogens with one attached hydrogen (secondary N) is 1. The molecule has 28 heavy (non-hydrogen) atoms. The van der Waals surface area contributed by atoms with Gasteiger partial charge in [-0.2, -0.15) is 23.4 Å². The average molecular weight is 390 g/mol. The van der Waals surface area contributed by atoms with Crippen LogP contribution in [0, 0.1) is 0 Å². The maximum Gasteiger partial charge on any atom is 0.435 e. The molecule has 1 aromatic heterocycles. The summed E-state index contributed by atoms with van der Waals surface area (Å²) >= 11 is 0. The van der Waals surface area contributed by atoms with Gasteiger partial charge in [-0.1, -0.05) is 18.2 Å². The van der Waals surface area contributed by atoms with Crippen LogP contribution in [0.5, 0.6) is 5.75 Å². The second-order valence-electron chi connectivity index (χ2n) is 6.06. The van der Waals surface area contributed by atoms with E-state index in [1.807, 2.05) is 36.4 Å². The first-order valence-corrected chi connectivity index (χ1v) is 8.28. The van der Waals surface area contributed by atoms with Crippen molar-refractivity contribution < 1.29 is 22.7 Å². The molecule has 0 radical (unpaired) electrons. The van der Waals surface area contributed by atoms with Crippen LogP contribution >= 0.6 is 0 Å². The zero-order valence-corrected chi connectivity index (χ0v) is 15.1. The van der Waals surface area contributed by atoms with Crippen molar-refractivity contribution in [3.05, 3.63) is 59.9 Å². The Bertz CT molecular complexity index is 1040. The van der Waals surface area contributed by atoms with Gasteiger partial charge in [-0.05, 0) is 47.5 Å². The highest BCUT2D eigenvalue weighted by Crippen LogP contribution is 2.27. The fraction of sp³-hybridized carbons (Fsp3) is 0.211. The molecule has 3 rings (SSSR count).